The Bertz CT molecular complexity index is 1410. The lowest BCUT2D eigenvalue weighted by atomic mass is 9.52. The third-order valence-electron chi connectivity index (χ3n) is 8.82. The first-order valence-electron chi connectivity index (χ1n) is 14.1. The summed E-state index contributed by atoms with van der Waals surface area (Å²) in [5.74, 6) is -0.0243. The number of aliphatic carboxylic acids is 1. The minimum atomic E-state index is -0.697. The standard InChI is InChI=1S/C34H39FO5/c1-33(2,3)31(39-5)27-17-21(8-12-25(27)26-18-23(38-4)11-13-30(26)35)20-40-24-10-9-22-7-6-15-34(29(22)19-24)16-14-28(34)32(36)37/h8-13,17-19,28,31H,6-7,14-16,20H2,1-5H3,(H,36,37)/t28-,31+,34+/m1/s1. The number of carboxylic acids is 1. The van der Waals surface area contributed by atoms with E-state index in [4.69, 9.17) is 14.2 Å². The van der Waals surface area contributed by atoms with Crippen LogP contribution in [0.3, 0.4) is 0 Å². The van der Waals surface area contributed by atoms with Crippen LogP contribution in [0.15, 0.2) is 54.6 Å². The van der Waals surface area contributed by atoms with E-state index in [9.17, 15) is 9.90 Å². The molecule has 5 nitrogen and oxygen atoms in total. The van der Waals surface area contributed by atoms with Crippen LogP contribution in [0.5, 0.6) is 11.5 Å². The van der Waals surface area contributed by atoms with E-state index < -0.39 is 5.97 Å². The molecule has 1 fully saturated rings. The van der Waals surface area contributed by atoms with Crippen LogP contribution in [0.25, 0.3) is 11.1 Å². The van der Waals surface area contributed by atoms with Gasteiger partial charge in [0.2, 0.25) is 0 Å². The summed E-state index contributed by atoms with van der Waals surface area (Å²) < 4.78 is 32.7. The zero-order valence-corrected chi connectivity index (χ0v) is 24.1. The predicted octanol–water partition coefficient (Wildman–Crippen LogP) is 7.88. The molecule has 3 aromatic carbocycles. The van der Waals surface area contributed by atoms with E-state index in [0.29, 0.717) is 17.9 Å². The molecule has 0 amide bonds. The topological polar surface area (TPSA) is 65.0 Å². The molecule has 0 aliphatic heterocycles. The van der Waals surface area contributed by atoms with Gasteiger partial charge >= 0.3 is 5.97 Å². The Balaban J connectivity index is 1.47. The smallest absolute Gasteiger partial charge is 0.307 e. The zero-order valence-electron chi connectivity index (χ0n) is 24.1. The first kappa shape index (κ1) is 28.2. The molecular weight excluding hydrogens is 507 g/mol. The van der Waals surface area contributed by atoms with Crippen molar-refractivity contribution in [2.45, 2.75) is 71.0 Å². The second kappa shape index (κ2) is 10.9. The van der Waals surface area contributed by atoms with E-state index in [-0.39, 0.29) is 28.7 Å². The Morgan fingerprint density at radius 3 is 2.45 bits per heavy atom. The van der Waals surface area contributed by atoms with Gasteiger partial charge in [-0.15, -0.1) is 0 Å². The monoisotopic (exact) mass is 546 g/mol. The van der Waals surface area contributed by atoms with Crippen molar-refractivity contribution in [1.29, 1.82) is 0 Å². The highest BCUT2D eigenvalue weighted by Crippen LogP contribution is 2.56. The number of methoxy groups -OCH3 is 2. The van der Waals surface area contributed by atoms with Crippen molar-refractivity contribution in [3.05, 3.63) is 82.7 Å². The lowest BCUT2D eigenvalue weighted by Crippen LogP contribution is -2.50. The number of hydrogen-bond donors (Lipinski definition) is 1. The Morgan fingerprint density at radius 1 is 1.02 bits per heavy atom. The maximum absolute atomic E-state index is 15.1. The van der Waals surface area contributed by atoms with Gasteiger partial charge in [-0.05, 0) is 102 Å². The molecule has 5 rings (SSSR count). The SMILES string of the molecule is COc1ccc(F)c(-c2ccc(COc3ccc4c(c3)[C@@]3(CCC4)CC[C@@H]3C(=O)O)cc2[C@H](OC)C(C)(C)C)c1. The molecule has 3 atom stereocenters. The van der Waals surface area contributed by atoms with Gasteiger partial charge in [-0.25, -0.2) is 4.39 Å². The summed E-state index contributed by atoms with van der Waals surface area (Å²) in [6.45, 7) is 6.63. The van der Waals surface area contributed by atoms with Gasteiger partial charge in [0.15, 0.2) is 0 Å². The molecule has 3 aromatic rings. The van der Waals surface area contributed by atoms with Crippen LogP contribution in [-0.2, 0) is 28.0 Å². The average Bonchev–Trinajstić information content (AvgIpc) is 2.90. The molecule has 6 heteroatoms. The summed E-state index contributed by atoms with van der Waals surface area (Å²) in [6.07, 6.45) is 4.27. The van der Waals surface area contributed by atoms with E-state index in [1.54, 1.807) is 26.4 Å². The lowest BCUT2D eigenvalue weighted by molar-refractivity contribution is -0.150. The molecule has 0 unspecified atom stereocenters. The van der Waals surface area contributed by atoms with Crippen molar-refractivity contribution < 1.29 is 28.5 Å². The number of aryl methyl sites for hydroxylation is 1. The Labute approximate surface area is 236 Å². The second-order valence-electron chi connectivity index (χ2n) is 12.3. The van der Waals surface area contributed by atoms with Gasteiger partial charge in [0.25, 0.3) is 0 Å². The molecule has 40 heavy (non-hydrogen) atoms. The Kier molecular flexibility index (Phi) is 7.66. The van der Waals surface area contributed by atoms with Gasteiger partial charge in [0.1, 0.15) is 23.9 Å². The summed E-state index contributed by atoms with van der Waals surface area (Å²) in [7, 11) is 3.25. The molecule has 2 aliphatic carbocycles. The number of carboxylic acid groups (broad SMARTS) is 1. The number of ether oxygens (including phenoxy) is 3. The quantitative estimate of drug-likeness (QED) is 0.311. The Morgan fingerprint density at radius 2 is 1.80 bits per heavy atom. The van der Waals surface area contributed by atoms with Crippen LogP contribution < -0.4 is 9.47 Å². The van der Waals surface area contributed by atoms with Gasteiger partial charge < -0.3 is 19.3 Å². The zero-order chi connectivity index (χ0) is 28.7. The molecule has 0 aromatic heterocycles. The van der Waals surface area contributed by atoms with Gasteiger partial charge in [-0.3, -0.25) is 4.79 Å². The first-order chi connectivity index (χ1) is 19.1. The van der Waals surface area contributed by atoms with Crippen LogP contribution in [-0.4, -0.2) is 25.3 Å². The molecule has 0 heterocycles. The summed E-state index contributed by atoms with van der Waals surface area (Å²) in [5.41, 5.74) is 4.90. The van der Waals surface area contributed by atoms with E-state index in [0.717, 1.165) is 60.1 Å². The third-order valence-corrected chi connectivity index (χ3v) is 8.82. The fourth-order valence-electron chi connectivity index (χ4n) is 6.79. The molecular formula is C34H39FO5. The van der Waals surface area contributed by atoms with E-state index in [1.165, 1.54) is 11.6 Å². The maximum Gasteiger partial charge on any atom is 0.307 e. The average molecular weight is 547 g/mol. The minimum Gasteiger partial charge on any atom is -0.497 e. The van der Waals surface area contributed by atoms with Crippen molar-refractivity contribution in [3.8, 4) is 22.6 Å². The van der Waals surface area contributed by atoms with Gasteiger partial charge in [0, 0.05) is 18.1 Å². The lowest BCUT2D eigenvalue weighted by Gasteiger charge is -2.51. The molecule has 1 saturated carbocycles. The van der Waals surface area contributed by atoms with Crippen molar-refractivity contribution in [1.82, 2.24) is 0 Å². The summed E-state index contributed by atoms with van der Waals surface area (Å²) in [4.78, 5) is 12.0. The van der Waals surface area contributed by atoms with Crippen LogP contribution in [0.2, 0.25) is 0 Å². The third kappa shape index (κ3) is 5.10. The van der Waals surface area contributed by atoms with E-state index in [2.05, 4.69) is 32.9 Å². The molecule has 0 bridgehead atoms. The van der Waals surface area contributed by atoms with Gasteiger partial charge in [-0.1, -0.05) is 39.0 Å². The van der Waals surface area contributed by atoms with E-state index in [1.807, 2.05) is 24.3 Å². The molecule has 1 N–H and O–H groups in total. The number of benzene rings is 3. The highest BCUT2D eigenvalue weighted by Gasteiger charge is 2.53. The number of carbonyl (C=O) groups is 1. The van der Waals surface area contributed by atoms with Crippen LogP contribution >= 0.6 is 0 Å². The highest BCUT2D eigenvalue weighted by atomic mass is 19.1. The van der Waals surface area contributed by atoms with Crippen molar-refractivity contribution in [2.75, 3.05) is 14.2 Å². The van der Waals surface area contributed by atoms with Gasteiger partial charge in [-0.2, -0.15) is 0 Å². The Hall–Kier alpha value is -3.38. The van der Waals surface area contributed by atoms with Crippen molar-refractivity contribution >= 4 is 5.97 Å². The number of halogens is 1. The summed E-state index contributed by atoms with van der Waals surface area (Å²) in [5, 5.41) is 9.83. The summed E-state index contributed by atoms with van der Waals surface area (Å²) >= 11 is 0. The molecule has 1 spiro atoms. The molecule has 212 valence electrons. The normalized spacial score (nSPS) is 20.9. The first-order valence-corrected chi connectivity index (χ1v) is 14.1. The number of fused-ring (bicyclic) bond motifs is 2. The molecule has 0 radical (unpaired) electrons. The summed E-state index contributed by atoms with van der Waals surface area (Å²) in [6, 6.07) is 16.8. The predicted molar refractivity (Wildman–Crippen MR) is 153 cm³/mol. The largest absolute Gasteiger partial charge is 0.497 e. The van der Waals surface area contributed by atoms with Gasteiger partial charge in [0.05, 0.1) is 19.1 Å². The second-order valence-corrected chi connectivity index (χ2v) is 12.3. The van der Waals surface area contributed by atoms with Crippen molar-refractivity contribution in [2.24, 2.45) is 11.3 Å². The maximum atomic E-state index is 15.1. The van der Waals surface area contributed by atoms with E-state index >= 15 is 4.39 Å². The van der Waals surface area contributed by atoms with Crippen LogP contribution in [0.4, 0.5) is 4.39 Å². The highest BCUT2D eigenvalue weighted by molar-refractivity contribution is 5.75. The van der Waals surface area contributed by atoms with Crippen LogP contribution in [0.1, 0.15) is 74.8 Å². The molecule has 2 aliphatic rings. The molecule has 0 saturated heterocycles. The van der Waals surface area contributed by atoms with Crippen molar-refractivity contribution in [3.63, 3.8) is 0 Å². The van der Waals surface area contributed by atoms with Crippen LogP contribution in [0, 0.1) is 17.2 Å². The number of rotatable bonds is 8. The minimum absolute atomic E-state index is 0.241. The number of hydrogen-bond acceptors (Lipinski definition) is 4. The fourth-order valence-corrected chi connectivity index (χ4v) is 6.79. The fraction of sp³-hybridized carbons (Fsp3) is 0.441.